The second kappa shape index (κ2) is 10.2. The largest absolute Gasteiger partial charge is 0.452 e. The van der Waals surface area contributed by atoms with Crippen LogP contribution in [0.3, 0.4) is 0 Å². The highest BCUT2D eigenvalue weighted by Crippen LogP contribution is 2.29. The summed E-state index contributed by atoms with van der Waals surface area (Å²) in [5, 5.41) is 2.96. The highest BCUT2D eigenvalue weighted by Gasteiger charge is 2.28. The first-order chi connectivity index (χ1) is 13.7. The Morgan fingerprint density at radius 3 is 2.31 bits per heavy atom. The zero-order valence-electron chi connectivity index (χ0n) is 17.7. The van der Waals surface area contributed by atoms with Gasteiger partial charge in [-0.15, -0.1) is 0 Å². The SMILES string of the molecule is CCN(CC)S(=O)(=O)c1ccc(C(=O)OCC(=O)N[C@@H]2CCC[C@H](C)[C@H]2C)cc1. The third kappa shape index (κ3) is 5.79. The normalized spacial score (nSPS) is 22.3. The molecule has 1 aromatic rings. The number of esters is 1. The molecule has 0 spiro atoms. The molecule has 1 aliphatic rings. The summed E-state index contributed by atoms with van der Waals surface area (Å²) in [6, 6.07) is 5.68. The Kier molecular flexibility index (Phi) is 8.22. The van der Waals surface area contributed by atoms with Crippen LogP contribution in [0.1, 0.15) is 57.3 Å². The van der Waals surface area contributed by atoms with Gasteiger partial charge in [0.1, 0.15) is 0 Å². The van der Waals surface area contributed by atoms with Gasteiger partial charge in [-0.3, -0.25) is 4.79 Å². The number of sulfonamides is 1. The zero-order chi connectivity index (χ0) is 21.6. The van der Waals surface area contributed by atoms with Gasteiger partial charge in [-0.25, -0.2) is 13.2 Å². The van der Waals surface area contributed by atoms with E-state index >= 15 is 0 Å². The summed E-state index contributed by atoms with van der Waals surface area (Å²) in [4.78, 5) is 24.5. The van der Waals surface area contributed by atoms with Gasteiger partial charge in [-0.1, -0.05) is 40.5 Å². The molecule has 1 fully saturated rings. The Morgan fingerprint density at radius 2 is 1.72 bits per heavy atom. The van der Waals surface area contributed by atoms with Crippen LogP contribution in [-0.2, 0) is 19.6 Å². The molecule has 1 N–H and O–H groups in total. The van der Waals surface area contributed by atoms with Crippen molar-refractivity contribution >= 4 is 21.9 Å². The van der Waals surface area contributed by atoms with Gasteiger partial charge < -0.3 is 10.1 Å². The lowest BCUT2D eigenvalue weighted by Crippen LogP contribution is -2.45. The molecule has 0 heterocycles. The molecule has 7 nitrogen and oxygen atoms in total. The Morgan fingerprint density at radius 1 is 1.10 bits per heavy atom. The molecule has 1 saturated carbocycles. The lowest BCUT2D eigenvalue weighted by molar-refractivity contribution is -0.125. The van der Waals surface area contributed by atoms with E-state index in [-0.39, 0.29) is 29.0 Å². The van der Waals surface area contributed by atoms with Gasteiger partial charge >= 0.3 is 5.97 Å². The molecule has 0 unspecified atom stereocenters. The quantitative estimate of drug-likeness (QED) is 0.648. The van der Waals surface area contributed by atoms with Gasteiger partial charge in [-0.05, 0) is 42.5 Å². The minimum absolute atomic E-state index is 0.106. The van der Waals surface area contributed by atoms with Gasteiger partial charge in [0.2, 0.25) is 10.0 Å². The fourth-order valence-corrected chi connectivity index (χ4v) is 5.18. The lowest BCUT2D eigenvalue weighted by Gasteiger charge is -2.34. The standard InChI is InChI=1S/C21H32N2O5S/c1-5-23(6-2)29(26,27)18-12-10-17(11-13-18)21(25)28-14-20(24)22-19-9-7-8-15(3)16(19)4/h10-13,15-16,19H,5-9,14H2,1-4H3,(H,22,24)/t15-,16+,19+/m0/s1. The number of hydrogen-bond donors (Lipinski definition) is 1. The molecule has 3 atom stereocenters. The minimum atomic E-state index is -3.58. The first-order valence-corrected chi connectivity index (χ1v) is 11.7. The van der Waals surface area contributed by atoms with Crippen molar-refractivity contribution in [2.24, 2.45) is 11.8 Å². The number of carbonyl (C=O) groups excluding carboxylic acids is 2. The second-order valence-electron chi connectivity index (χ2n) is 7.63. The van der Waals surface area contributed by atoms with Crippen molar-refractivity contribution in [3.63, 3.8) is 0 Å². The maximum atomic E-state index is 12.5. The van der Waals surface area contributed by atoms with E-state index in [1.54, 1.807) is 13.8 Å². The predicted octanol–water partition coefficient (Wildman–Crippen LogP) is 2.81. The fourth-order valence-electron chi connectivity index (χ4n) is 3.72. The Bertz CT molecular complexity index is 803. The third-order valence-electron chi connectivity index (χ3n) is 5.82. The van der Waals surface area contributed by atoms with E-state index in [2.05, 4.69) is 19.2 Å². The molecule has 8 heteroatoms. The predicted molar refractivity (Wildman–Crippen MR) is 111 cm³/mol. The summed E-state index contributed by atoms with van der Waals surface area (Å²) in [5.41, 5.74) is 0.205. The fraction of sp³-hybridized carbons (Fsp3) is 0.619. The van der Waals surface area contributed by atoms with Crippen molar-refractivity contribution < 1.29 is 22.7 Å². The van der Waals surface area contributed by atoms with Crippen molar-refractivity contribution in [3.8, 4) is 0 Å². The van der Waals surface area contributed by atoms with E-state index in [0.717, 1.165) is 12.8 Å². The lowest BCUT2D eigenvalue weighted by atomic mass is 9.78. The van der Waals surface area contributed by atoms with E-state index in [9.17, 15) is 18.0 Å². The molecule has 0 bridgehead atoms. The first-order valence-electron chi connectivity index (χ1n) is 10.3. The first kappa shape index (κ1) is 23.3. The number of amides is 1. The van der Waals surface area contributed by atoms with E-state index in [4.69, 9.17) is 4.74 Å². The van der Waals surface area contributed by atoms with Crippen molar-refractivity contribution in [3.05, 3.63) is 29.8 Å². The number of ether oxygens (including phenoxy) is 1. The molecule has 2 rings (SSSR count). The molecule has 0 aliphatic heterocycles. The summed E-state index contributed by atoms with van der Waals surface area (Å²) < 4.78 is 31.4. The maximum Gasteiger partial charge on any atom is 0.338 e. The highest BCUT2D eigenvalue weighted by molar-refractivity contribution is 7.89. The number of carbonyl (C=O) groups is 2. The average molecular weight is 425 g/mol. The van der Waals surface area contributed by atoms with Gasteiger partial charge in [0.15, 0.2) is 6.61 Å². The molecule has 162 valence electrons. The van der Waals surface area contributed by atoms with Gasteiger partial charge in [0, 0.05) is 19.1 Å². The number of nitrogens with one attached hydrogen (secondary N) is 1. The van der Waals surface area contributed by atoms with Crippen molar-refractivity contribution in [2.45, 2.75) is 57.9 Å². The summed E-state index contributed by atoms with van der Waals surface area (Å²) in [7, 11) is -3.58. The molecule has 0 saturated heterocycles. The number of hydrogen-bond acceptors (Lipinski definition) is 5. The van der Waals surface area contributed by atoms with Crippen LogP contribution in [-0.4, -0.2) is 50.3 Å². The molecule has 1 amide bonds. The average Bonchev–Trinajstić information content (AvgIpc) is 2.70. The van der Waals surface area contributed by atoms with E-state index in [1.165, 1.54) is 35.0 Å². The molecular formula is C21H32N2O5S. The summed E-state index contributed by atoms with van der Waals surface area (Å²) >= 11 is 0. The van der Waals surface area contributed by atoms with Crippen LogP contribution in [0.5, 0.6) is 0 Å². The molecule has 0 radical (unpaired) electrons. The number of nitrogens with zero attached hydrogens (tertiary/aromatic N) is 1. The summed E-state index contributed by atoms with van der Waals surface area (Å²) in [6.07, 6.45) is 3.19. The van der Waals surface area contributed by atoms with E-state index in [1.807, 2.05) is 0 Å². The molecular weight excluding hydrogens is 392 g/mol. The van der Waals surface area contributed by atoms with Crippen LogP contribution >= 0.6 is 0 Å². The maximum absolute atomic E-state index is 12.5. The van der Waals surface area contributed by atoms with Crippen molar-refractivity contribution in [1.29, 1.82) is 0 Å². The summed E-state index contributed by atoms with van der Waals surface area (Å²) in [6.45, 7) is 8.25. The van der Waals surface area contributed by atoms with Crippen molar-refractivity contribution in [2.75, 3.05) is 19.7 Å². The Hall–Kier alpha value is -1.93. The van der Waals surface area contributed by atoms with Gasteiger partial charge in [0.25, 0.3) is 5.91 Å². The van der Waals surface area contributed by atoms with E-state index in [0.29, 0.717) is 24.9 Å². The molecule has 1 aliphatic carbocycles. The number of rotatable bonds is 8. The summed E-state index contributed by atoms with van der Waals surface area (Å²) in [5.74, 6) is -0.0199. The van der Waals surface area contributed by atoms with Crippen LogP contribution < -0.4 is 5.32 Å². The second-order valence-corrected chi connectivity index (χ2v) is 9.57. The van der Waals surface area contributed by atoms with Gasteiger partial charge in [-0.2, -0.15) is 4.31 Å². The zero-order valence-corrected chi connectivity index (χ0v) is 18.5. The van der Waals surface area contributed by atoms with Crippen LogP contribution in [0.4, 0.5) is 0 Å². The molecule has 1 aromatic carbocycles. The monoisotopic (exact) mass is 424 g/mol. The van der Waals surface area contributed by atoms with Crippen LogP contribution in [0.25, 0.3) is 0 Å². The minimum Gasteiger partial charge on any atom is -0.452 e. The smallest absolute Gasteiger partial charge is 0.338 e. The van der Waals surface area contributed by atoms with Gasteiger partial charge in [0.05, 0.1) is 10.5 Å². The highest BCUT2D eigenvalue weighted by atomic mass is 32.2. The third-order valence-corrected chi connectivity index (χ3v) is 7.88. The Labute approximate surface area is 173 Å². The number of benzene rings is 1. The molecule has 0 aromatic heterocycles. The van der Waals surface area contributed by atoms with E-state index < -0.39 is 16.0 Å². The molecule has 29 heavy (non-hydrogen) atoms. The van der Waals surface area contributed by atoms with Crippen molar-refractivity contribution in [1.82, 2.24) is 9.62 Å². The Balaban J connectivity index is 1.92. The van der Waals surface area contributed by atoms with Crippen LogP contribution in [0.2, 0.25) is 0 Å². The topological polar surface area (TPSA) is 92.8 Å². The van der Waals surface area contributed by atoms with Crippen LogP contribution in [0.15, 0.2) is 29.2 Å². The van der Waals surface area contributed by atoms with Crippen LogP contribution in [0, 0.1) is 11.8 Å².